The zero-order valence-corrected chi connectivity index (χ0v) is 14.7. The molecule has 0 unspecified atom stereocenters. The monoisotopic (exact) mass is 341 g/mol. The summed E-state index contributed by atoms with van der Waals surface area (Å²) in [4.78, 5) is 9.05. The van der Waals surface area contributed by atoms with Crippen molar-refractivity contribution in [2.75, 3.05) is 20.1 Å². The van der Waals surface area contributed by atoms with Gasteiger partial charge in [0, 0.05) is 31.1 Å². The van der Waals surface area contributed by atoms with Crippen LogP contribution < -0.4 is 0 Å². The summed E-state index contributed by atoms with van der Waals surface area (Å²) in [6.07, 6.45) is 2.25. The van der Waals surface area contributed by atoms with Crippen molar-refractivity contribution in [3.63, 3.8) is 0 Å². The molecule has 3 aromatic rings. The van der Waals surface area contributed by atoms with Gasteiger partial charge in [0.25, 0.3) is 0 Å². The lowest BCUT2D eigenvalue weighted by atomic mass is 10.0. The minimum Gasteiger partial charge on any atom is -0.356 e. The average Bonchev–Trinajstić information content (AvgIpc) is 3.22. The number of piperidine rings is 1. The average molecular weight is 341 g/mol. The van der Waals surface area contributed by atoms with Crippen molar-refractivity contribution < 1.29 is 9.05 Å². The predicted octanol–water partition coefficient (Wildman–Crippen LogP) is 2.62. The molecular weight excluding hydrogens is 318 g/mol. The normalized spacial score (nSPS) is 16.9. The molecule has 1 aliphatic rings. The molecular formula is C18H23N5O2. The second-order valence-corrected chi connectivity index (χ2v) is 6.78. The molecule has 0 aliphatic carbocycles. The summed E-state index contributed by atoms with van der Waals surface area (Å²) in [6, 6.07) is 8.59. The number of rotatable bonds is 5. The number of aromatic nitrogens is 3. The molecule has 0 bridgehead atoms. The Morgan fingerprint density at radius 3 is 2.72 bits per heavy atom. The lowest BCUT2D eigenvalue weighted by Crippen LogP contribution is -2.42. The Labute approximate surface area is 146 Å². The van der Waals surface area contributed by atoms with Crippen LogP contribution in [0.25, 0.3) is 11.0 Å². The van der Waals surface area contributed by atoms with Crippen LogP contribution in [-0.4, -0.2) is 51.3 Å². The molecule has 1 aliphatic heterocycles. The van der Waals surface area contributed by atoms with Gasteiger partial charge in [-0.15, -0.1) is 0 Å². The van der Waals surface area contributed by atoms with E-state index in [9.17, 15) is 0 Å². The number of likely N-dealkylation sites (tertiary alicyclic amines) is 1. The van der Waals surface area contributed by atoms with Crippen molar-refractivity contribution in [1.29, 1.82) is 0 Å². The smallest absolute Gasteiger partial charge is 0.240 e. The second kappa shape index (κ2) is 6.93. The van der Waals surface area contributed by atoms with Crippen molar-refractivity contribution in [2.45, 2.75) is 38.9 Å². The fourth-order valence-corrected chi connectivity index (χ4v) is 3.53. The highest BCUT2D eigenvalue weighted by Gasteiger charge is 2.24. The molecule has 0 atom stereocenters. The number of aryl methyl sites for hydroxylation is 1. The van der Waals surface area contributed by atoms with Crippen LogP contribution in [0.4, 0.5) is 0 Å². The Morgan fingerprint density at radius 2 is 1.96 bits per heavy atom. The van der Waals surface area contributed by atoms with Crippen LogP contribution in [0.15, 0.2) is 33.3 Å². The van der Waals surface area contributed by atoms with E-state index in [-0.39, 0.29) is 0 Å². The molecule has 0 N–H and O–H groups in total. The number of fused-ring (bicyclic) bond motifs is 1. The number of nitrogens with zero attached hydrogens (tertiary/aromatic N) is 5. The maximum absolute atomic E-state index is 5.41. The Bertz CT molecular complexity index is 835. The molecule has 132 valence electrons. The topological polar surface area (TPSA) is 71.4 Å². The van der Waals surface area contributed by atoms with Gasteiger partial charge in [0.15, 0.2) is 11.4 Å². The van der Waals surface area contributed by atoms with Crippen LogP contribution in [0.5, 0.6) is 0 Å². The summed E-state index contributed by atoms with van der Waals surface area (Å²) in [7, 11) is 2.17. The van der Waals surface area contributed by atoms with Crippen molar-refractivity contribution in [3.05, 3.63) is 41.7 Å². The molecule has 4 rings (SSSR count). The molecule has 0 saturated carbocycles. The van der Waals surface area contributed by atoms with Crippen LogP contribution in [0.3, 0.4) is 0 Å². The fourth-order valence-electron chi connectivity index (χ4n) is 3.53. The molecule has 1 fully saturated rings. The van der Waals surface area contributed by atoms with Crippen molar-refractivity contribution in [2.24, 2.45) is 0 Å². The van der Waals surface area contributed by atoms with Crippen molar-refractivity contribution >= 4 is 11.0 Å². The first kappa shape index (κ1) is 16.2. The molecule has 0 radical (unpaired) electrons. The predicted molar refractivity (Wildman–Crippen MR) is 92.8 cm³/mol. The molecule has 3 heterocycles. The summed E-state index contributed by atoms with van der Waals surface area (Å²) in [5.74, 6) is 1.41. The van der Waals surface area contributed by atoms with Gasteiger partial charge in [0.1, 0.15) is 5.69 Å². The maximum atomic E-state index is 5.41. The lowest BCUT2D eigenvalue weighted by molar-refractivity contribution is 0.110. The third-order valence-electron chi connectivity index (χ3n) is 4.96. The zero-order chi connectivity index (χ0) is 17.2. The highest BCUT2D eigenvalue weighted by molar-refractivity contribution is 5.79. The van der Waals surface area contributed by atoms with E-state index in [4.69, 9.17) is 9.05 Å². The molecule has 7 nitrogen and oxygen atoms in total. The van der Waals surface area contributed by atoms with Gasteiger partial charge < -0.3 is 9.05 Å². The van der Waals surface area contributed by atoms with Crippen molar-refractivity contribution in [1.82, 2.24) is 25.1 Å². The van der Waals surface area contributed by atoms with Gasteiger partial charge in [-0.25, -0.2) is 0 Å². The van der Waals surface area contributed by atoms with Crippen LogP contribution in [0.1, 0.15) is 30.3 Å². The molecule has 7 heteroatoms. The van der Waals surface area contributed by atoms with Gasteiger partial charge >= 0.3 is 0 Å². The standard InChI is InChI=1S/C18H23N5O2/c1-13-19-18(25-20-13)12-23-9-7-14(8-10-23)22(2)11-16-15-5-3-4-6-17(15)24-21-16/h3-6,14H,7-12H2,1-2H3. The van der Waals surface area contributed by atoms with Gasteiger partial charge in [0.05, 0.1) is 6.54 Å². The van der Waals surface area contributed by atoms with Crippen LogP contribution >= 0.6 is 0 Å². The molecule has 2 aromatic heterocycles. The second-order valence-electron chi connectivity index (χ2n) is 6.78. The zero-order valence-electron chi connectivity index (χ0n) is 14.7. The van der Waals surface area contributed by atoms with E-state index in [2.05, 4.69) is 38.2 Å². The van der Waals surface area contributed by atoms with Crippen molar-refractivity contribution in [3.8, 4) is 0 Å². The number of hydrogen-bond donors (Lipinski definition) is 0. The van der Waals surface area contributed by atoms with E-state index in [1.807, 2.05) is 25.1 Å². The molecule has 0 amide bonds. The Balaban J connectivity index is 1.32. The summed E-state index contributed by atoms with van der Waals surface area (Å²) >= 11 is 0. The van der Waals surface area contributed by atoms with E-state index in [0.29, 0.717) is 17.8 Å². The number of hydrogen-bond acceptors (Lipinski definition) is 7. The Hall–Kier alpha value is -2.25. The van der Waals surface area contributed by atoms with Gasteiger partial charge in [0.2, 0.25) is 5.89 Å². The summed E-state index contributed by atoms with van der Waals surface area (Å²) in [5, 5.41) is 9.21. The van der Waals surface area contributed by atoms with E-state index >= 15 is 0 Å². The first-order valence-corrected chi connectivity index (χ1v) is 8.74. The minimum atomic E-state index is 0.552. The van der Waals surface area contributed by atoms with E-state index in [1.54, 1.807) is 0 Å². The van der Waals surface area contributed by atoms with E-state index in [1.165, 1.54) is 0 Å². The Morgan fingerprint density at radius 1 is 1.16 bits per heavy atom. The van der Waals surface area contributed by atoms with Gasteiger partial charge in [-0.05, 0) is 38.9 Å². The highest BCUT2D eigenvalue weighted by Crippen LogP contribution is 2.22. The van der Waals surface area contributed by atoms with Gasteiger partial charge in [-0.1, -0.05) is 22.4 Å². The van der Waals surface area contributed by atoms with Crippen LogP contribution in [0.2, 0.25) is 0 Å². The first-order chi connectivity index (χ1) is 12.2. The number of para-hydroxylation sites is 1. The maximum Gasteiger partial charge on any atom is 0.240 e. The first-order valence-electron chi connectivity index (χ1n) is 8.74. The number of benzene rings is 1. The van der Waals surface area contributed by atoms with Gasteiger partial charge in [-0.3, -0.25) is 9.80 Å². The van der Waals surface area contributed by atoms with Crippen LogP contribution in [0, 0.1) is 6.92 Å². The largest absolute Gasteiger partial charge is 0.356 e. The highest BCUT2D eigenvalue weighted by atomic mass is 16.5. The van der Waals surface area contributed by atoms with E-state index in [0.717, 1.165) is 55.7 Å². The summed E-state index contributed by atoms with van der Waals surface area (Å²) in [5.41, 5.74) is 1.87. The molecule has 25 heavy (non-hydrogen) atoms. The summed E-state index contributed by atoms with van der Waals surface area (Å²) < 4.78 is 10.6. The molecule has 1 aromatic carbocycles. The molecule has 1 saturated heterocycles. The molecule has 0 spiro atoms. The lowest BCUT2D eigenvalue weighted by Gasteiger charge is -2.35. The SMILES string of the molecule is Cc1noc(CN2CCC(N(C)Cc3noc4ccccc34)CC2)n1. The Kier molecular flexibility index (Phi) is 4.50. The third-order valence-corrected chi connectivity index (χ3v) is 4.96. The van der Waals surface area contributed by atoms with E-state index < -0.39 is 0 Å². The minimum absolute atomic E-state index is 0.552. The third kappa shape index (κ3) is 3.57. The fraction of sp³-hybridized carbons (Fsp3) is 0.500. The van der Waals surface area contributed by atoms with Gasteiger partial charge in [-0.2, -0.15) is 4.98 Å². The van der Waals surface area contributed by atoms with Crippen LogP contribution in [-0.2, 0) is 13.1 Å². The summed E-state index contributed by atoms with van der Waals surface area (Å²) in [6.45, 7) is 5.48. The quantitative estimate of drug-likeness (QED) is 0.706.